The molecule has 4 nitrogen and oxygen atoms in total. The Morgan fingerprint density at radius 2 is 1.68 bits per heavy atom. The average Bonchev–Trinajstić information content (AvgIpc) is 2.55. The Hall–Kier alpha value is -2.64. The minimum Gasteiger partial charge on any atom is -0.352 e. The van der Waals surface area contributed by atoms with Crippen LogP contribution in [0, 0.1) is 11.3 Å². The lowest BCUT2D eigenvalue weighted by molar-refractivity contribution is -0.120. The second-order valence-corrected chi connectivity index (χ2v) is 5.07. The summed E-state index contributed by atoms with van der Waals surface area (Å²) in [7, 11) is 1.91. The van der Waals surface area contributed by atoms with Gasteiger partial charge in [-0.2, -0.15) is 5.26 Å². The highest BCUT2D eigenvalue weighted by Gasteiger charge is 2.07. The molecular weight excluding hydrogens is 274 g/mol. The quantitative estimate of drug-likeness (QED) is 0.857. The number of nitrogens with zero attached hydrogens (tertiary/aromatic N) is 1. The summed E-state index contributed by atoms with van der Waals surface area (Å²) in [4.78, 5) is 12.0. The molecule has 2 aromatic carbocycles. The van der Waals surface area contributed by atoms with Gasteiger partial charge in [0.1, 0.15) is 0 Å². The molecule has 0 saturated heterocycles. The van der Waals surface area contributed by atoms with Gasteiger partial charge in [-0.3, -0.25) is 4.79 Å². The van der Waals surface area contributed by atoms with Crippen LogP contribution in [0.5, 0.6) is 0 Å². The Morgan fingerprint density at radius 1 is 1.05 bits per heavy atom. The fourth-order valence-electron chi connectivity index (χ4n) is 2.20. The SMILES string of the molecule is CNCc1ccc(CNC(=O)Cc2ccccc2C#N)cc1. The predicted molar refractivity (Wildman–Crippen MR) is 85.9 cm³/mol. The Bertz CT molecular complexity index is 671. The normalized spacial score (nSPS) is 10.0. The van der Waals surface area contributed by atoms with Gasteiger partial charge in [-0.15, -0.1) is 0 Å². The summed E-state index contributed by atoms with van der Waals surface area (Å²) in [6, 6.07) is 17.4. The van der Waals surface area contributed by atoms with E-state index >= 15 is 0 Å². The van der Waals surface area contributed by atoms with Gasteiger partial charge in [0.2, 0.25) is 5.91 Å². The van der Waals surface area contributed by atoms with E-state index in [2.05, 4.69) is 16.7 Å². The highest BCUT2D eigenvalue weighted by atomic mass is 16.1. The van der Waals surface area contributed by atoms with Crippen LogP contribution in [0.3, 0.4) is 0 Å². The van der Waals surface area contributed by atoms with E-state index in [1.165, 1.54) is 5.56 Å². The molecule has 2 N–H and O–H groups in total. The maximum Gasteiger partial charge on any atom is 0.224 e. The molecule has 4 heteroatoms. The first kappa shape index (κ1) is 15.7. The van der Waals surface area contributed by atoms with Crippen molar-refractivity contribution in [3.63, 3.8) is 0 Å². The van der Waals surface area contributed by atoms with Crippen molar-refractivity contribution in [2.75, 3.05) is 7.05 Å². The smallest absolute Gasteiger partial charge is 0.224 e. The second kappa shape index (κ2) is 7.96. The number of hydrogen-bond donors (Lipinski definition) is 2. The molecule has 0 atom stereocenters. The topological polar surface area (TPSA) is 64.9 Å². The largest absolute Gasteiger partial charge is 0.352 e. The van der Waals surface area contributed by atoms with Crippen LogP contribution < -0.4 is 10.6 Å². The van der Waals surface area contributed by atoms with Crippen molar-refractivity contribution in [1.82, 2.24) is 10.6 Å². The van der Waals surface area contributed by atoms with Gasteiger partial charge < -0.3 is 10.6 Å². The number of rotatable bonds is 6. The Labute approximate surface area is 130 Å². The molecule has 112 valence electrons. The first-order chi connectivity index (χ1) is 10.7. The van der Waals surface area contributed by atoms with E-state index in [0.29, 0.717) is 12.1 Å². The molecule has 0 fully saturated rings. The lowest BCUT2D eigenvalue weighted by Crippen LogP contribution is -2.24. The summed E-state index contributed by atoms with van der Waals surface area (Å²) in [5.41, 5.74) is 3.57. The van der Waals surface area contributed by atoms with E-state index in [0.717, 1.165) is 17.7 Å². The third-order valence-electron chi connectivity index (χ3n) is 3.38. The summed E-state index contributed by atoms with van der Waals surface area (Å²) < 4.78 is 0. The summed E-state index contributed by atoms with van der Waals surface area (Å²) in [6.07, 6.45) is 0.224. The molecule has 0 aromatic heterocycles. The summed E-state index contributed by atoms with van der Waals surface area (Å²) in [5.74, 6) is -0.0815. The van der Waals surface area contributed by atoms with Crippen molar-refractivity contribution in [1.29, 1.82) is 5.26 Å². The van der Waals surface area contributed by atoms with Gasteiger partial charge in [-0.1, -0.05) is 42.5 Å². The number of nitriles is 1. The van der Waals surface area contributed by atoms with Gasteiger partial charge >= 0.3 is 0 Å². The standard InChI is InChI=1S/C18H19N3O/c1-20-12-14-6-8-15(9-7-14)13-21-18(22)10-16-4-2-3-5-17(16)11-19/h2-9,20H,10,12-13H2,1H3,(H,21,22). The van der Waals surface area contributed by atoms with Crippen LogP contribution >= 0.6 is 0 Å². The van der Waals surface area contributed by atoms with Crippen molar-refractivity contribution in [2.45, 2.75) is 19.5 Å². The van der Waals surface area contributed by atoms with Crippen molar-refractivity contribution >= 4 is 5.91 Å². The van der Waals surface area contributed by atoms with Crippen LogP contribution in [0.4, 0.5) is 0 Å². The highest BCUT2D eigenvalue weighted by Crippen LogP contribution is 2.08. The first-order valence-electron chi connectivity index (χ1n) is 7.20. The maximum atomic E-state index is 12.0. The molecule has 0 heterocycles. The molecule has 0 aliphatic rings. The Balaban J connectivity index is 1.89. The van der Waals surface area contributed by atoms with Gasteiger partial charge in [-0.05, 0) is 29.8 Å². The van der Waals surface area contributed by atoms with E-state index in [-0.39, 0.29) is 12.3 Å². The number of hydrogen-bond acceptors (Lipinski definition) is 3. The monoisotopic (exact) mass is 293 g/mol. The van der Waals surface area contributed by atoms with Gasteiger partial charge in [0.15, 0.2) is 0 Å². The van der Waals surface area contributed by atoms with Crippen LogP contribution in [-0.4, -0.2) is 13.0 Å². The molecule has 22 heavy (non-hydrogen) atoms. The van der Waals surface area contributed by atoms with Crippen LogP contribution in [0.15, 0.2) is 48.5 Å². The van der Waals surface area contributed by atoms with Crippen LogP contribution in [0.1, 0.15) is 22.3 Å². The van der Waals surface area contributed by atoms with Crippen molar-refractivity contribution in [3.8, 4) is 6.07 Å². The average molecular weight is 293 g/mol. The zero-order chi connectivity index (χ0) is 15.8. The molecular formula is C18H19N3O. The van der Waals surface area contributed by atoms with Crippen LogP contribution in [0.2, 0.25) is 0 Å². The summed E-state index contributed by atoms with van der Waals surface area (Å²) in [5, 5.41) is 15.0. The van der Waals surface area contributed by atoms with E-state index in [1.807, 2.05) is 43.4 Å². The van der Waals surface area contributed by atoms with Crippen LogP contribution in [-0.2, 0) is 24.3 Å². The lowest BCUT2D eigenvalue weighted by Gasteiger charge is -2.07. The minimum absolute atomic E-state index is 0.0815. The molecule has 0 unspecified atom stereocenters. The van der Waals surface area contributed by atoms with E-state index in [4.69, 9.17) is 5.26 Å². The number of carbonyl (C=O) groups excluding carboxylic acids is 1. The number of carbonyl (C=O) groups is 1. The Kier molecular flexibility index (Phi) is 5.70. The van der Waals surface area contributed by atoms with Gasteiger partial charge in [0, 0.05) is 13.1 Å². The second-order valence-electron chi connectivity index (χ2n) is 5.07. The highest BCUT2D eigenvalue weighted by molar-refractivity contribution is 5.79. The van der Waals surface area contributed by atoms with Crippen molar-refractivity contribution in [3.05, 3.63) is 70.8 Å². The number of benzene rings is 2. The zero-order valence-electron chi connectivity index (χ0n) is 12.6. The molecule has 0 saturated carbocycles. The number of nitrogens with one attached hydrogen (secondary N) is 2. The van der Waals surface area contributed by atoms with Gasteiger partial charge in [-0.25, -0.2) is 0 Å². The summed E-state index contributed by atoms with van der Waals surface area (Å²) >= 11 is 0. The molecule has 0 aliphatic heterocycles. The molecule has 0 bridgehead atoms. The fourth-order valence-corrected chi connectivity index (χ4v) is 2.20. The Morgan fingerprint density at radius 3 is 2.32 bits per heavy atom. The first-order valence-corrected chi connectivity index (χ1v) is 7.20. The molecule has 0 spiro atoms. The molecule has 0 aliphatic carbocycles. The van der Waals surface area contributed by atoms with E-state index in [9.17, 15) is 4.79 Å². The van der Waals surface area contributed by atoms with Crippen LogP contribution in [0.25, 0.3) is 0 Å². The third-order valence-corrected chi connectivity index (χ3v) is 3.38. The summed E-state index contributed by atoms with van der Waals surface area (Å²) in [6.45, 7) is 1.32. The van der Waals surface area contributed by atoms with E-state index < -0.39 is 0 Å². The lowest BCUT2D eigenvalue weighted by atomic mass is 10.1. The molecule has 2 aromatic rings. The van der Waals surface area contributed by atoms with Crippen molar-refractivity contribution < 1.29 is 4.79 Å². The zero-order valence-corrected chi connectivity index (χ0v) is 12.6. The van der Waals surface area contributed by atoms with Crippen molar-refractivity contribution in [2.24, 2.45) is 0 Å². The molecule has 0 radical (unpaired) electrons. The molecule has 2 rings (SSSR count). The number of amides is 1. The van der Waals surface area contributed by atoms with Gasteiger partial charge in [0.05, 0.1) is 18.1 Å². The third kappa shape index (κ3) is 4.44. The fraction of sp³-hybridized carbons (Fsp3) is 0.222. The molecule has 1 amide bonds. The van der Waals surface area contributed by atoms with E-state index in [1.54, 1.807) is 12.1 Å². The van der Waals surface area contributed by atoms with Gasteiger partial charge in [0.25, 0.3) is 0 Å². The predicted octanol–water partition coefficient (Wildman–Crippen LogP) is 2.14. The maximum absolute atomic E-state index is 12.0. The minimum atomic E-state index is -0.0815.